The van der Waals surface area contributed by atoms with Crippen LogP contribution in [0.25, 0.3) is 0 Å². The summed E-state index contributed by atoms with van der Waals surface area (Å²) >= 11 is 0. The predicted octanol–water partition coefficient (Wildman–Crippen LogP) is 2.39. The van der Waals surface area contributed by atoms with Gasteiger partial charge in [-0.05, 0) is 43.7 Å². The Hall–Kier alpha value is -1.58. The highest BCUT2D eigenvalue weighted by molar-refractivity contribution is 6.05. The van der Waals surface area contributed by atoms with Crippen LogP contribution in [0.4, 0.5) is 11.5 Å². The predicted molar refractivity (Wildman–Crippen MR) is 66.9 cm³/mol. The first-order valence-corrected chi connectivity index (χ1v) is 6.24. The lowest BCUT2D eigenvalue weighted by molar-refractivity contribution is -0.121. The van der Waals surface area contributed by atoms with Crippen molar-refractivity contribution in [2.75, 3.05) is 10.6 Å². The third-order valence-electron chi connectivity index (χ3n) is 3.98. The molecule has 0 aromatic carbocycles. The smallest absolute Gasteiger partial charge is 0.250 e. The second-order valence-electron chi connectivity index (χ2n) is 5.24. The number of fused-ring (bicyclic) bond motifs is 1. The topological polar surface area (TPSA) is 54.0 Å². The van der Waals surface area contributed by atoms with Crippen molar-refractivity contribution in [1.29, 1.82) is 0 Å². The maximum Gasteiger partial charge on any atom is 0.250 e. The summed E-state index contributed by atoms with van der Waals surface area (Å²) in [5.41, 5.74) is 0.371. The zero-order valence-corrected chi connectivity index (χ0v) is 9.99. The van der Waals surface area contributed by atoms with E-state index in [1.165, 1.54) is 0 Å². The lowest BCUT2D eigenvalue weighted by Gasteiger charge is -2.42. The number of nitrogens with zero attached hydrogens (tertiary/aromatic N) is 1. The minimum absolute atomic E-state index is 0.102. The van der Waals surface area contributed by atoms with Crippen molar-refractivity contribution in [3.63, 3.8) is 0 Å². The number of rotatable bonds is 0. The van der Waals surface area contributed by atoms with Crippen LogP contribution in [0.3, 0.4) is 0 Å². The van der Waals surface area contributed by atoms with Gasteiger partial charge in [-0.2, -0.15) is 0 Å². The second-order valence-corrected chi connectivity index (χ2v) is 5.24. The fraction of sp³-hybridized carbons (Fsp3) is 0.538. The fourth-order valence-corrected chi connectivity index (χ4v) is 2.74. The molecule has 2 N–H and O–H groups in total. The lowest BCUT2D eigenvalue weighted by atomic mass is 9.76. The third kappa shape index (κ3) is 1.68. The van der Waals surface area contributed by atoms with Crippen LogP contribution in [0.2, 0.25) is 0 Å². The zero-order valence-electron chi connectivity index (χ0n) is 9.99. The summed E-state index contributed by atoms with van der Waals surface area (Å²) in [6.07, 6.45) is 5.75. The van der Waals surface area contributed by atoms with E-state index in [1.54, 1.807) is 6.20 Å². The van der Waals surface area contributed by atoms with Gasteiger partial charge in [-0.15, -0.1) is 0 Å². The molecule has 2 heterocycles. The van der Waals surface area contributed by atoms with Gasteiger partial charge in [0.25, 0.3) is 0 Å². The van der Waals surface area contributed by atoms with Crippen LogP contribution in [-0.2, 0) is 4.79 Å². The van der Waals surface area contributed by atoms with Crippen LogP contribution >= 0.6 is 0 Å². The molecule has 1 aliphatic heterocycles. The average Bonchev–Trinajstić information content (AvgIpc) is 2.34. The number of amides is 1. The summed E-state index contributed by atoms with van der Waals surface area (Å²) in [7, 11) is 0. The van der Waals surface area contributed by atoms with Crippen LogP contribution in [0.15, 0.2) is 18.3 Å². The van der Waals surface area contributed by atoms with Gasteiger partial charge < -0.3 is 10.6 Å². The Balaban J connectivity index is 1.91. The number of aromatic nitrogens is 1. The van der Waals surface area contributed by atoms with Gasteiger partial charge in [-0.3, -0.25) is 4.79 Å². The Bertz CT molecular complexity index is 450. The summed E-state index contributed by atoms with van der Waals surface area (Å²) in [6.45, 7) is 2.25. The molecule has 90 valence electrons. The van der Waals surface area contributed by atoms with Gasteiger partial charge in [-0.25, -0.2) is 4.98 Å². The second kappa shape index (κ2) is 3.72. The number of pyridine rings is 1. The van der Waals surface area contributed by atoms with Crippen molar-refractivity contribution in [2.45, 2.75) is 38.1 Å². The summed E-state index contributed by atoms with van der Waals surface area (Å²) in [6, 6.07) is 3.72. The van der Waals surface area contributed by atoms with E-state index in [0.29, 0.717) is 0 Å². The largest absolute Gasteiger partial charge is 0.354 e. The molecule has 17 heavy (non-hydrogen) atoms. The highest BCUT2D eigenvalue weighted by Gasteiger charge is 2.44. The van der Waals surface area contributed by atoms with E-state index in [2.05, 4.69) is 22.5 Å². The molecule has 0 bridgehead atoms. The van der Waals surface area contributed by atoms with Gasteiger partial charge in [-0.1, -0.05) is 6.92 Å². The molecule has 1 saturated carbocycles. The maximum absolute atomic E-state index is 12.2. The van der Waals surface area contributed by atoms with Gasteiger partial charge in [0.1, 0.15) is 5.54 Å². The Morgan fingerprint density at radius 1 is 1.41 bits per heavy atom. The van der Waals surface area contributed by atoms with Gasteiger partial charge in [0.2, 0.25) is 5.91 Å². The fourth-order valence-electron chi connectivity index (χ4n) is 2.74. The number of hydrogen-bond donors (Lipinski definition) is 2. The molecule has 1 spiro atoms. The third-order valence-corrected chi connectivity index (χ3v) is 3.98. The highest BCUT2D eigenvalue weighted by Crippen LogP contribution is 2.39. The van der Waals surface area contributed by atoms with Gasteiger partial charge in [0, 0.05) is 6.20 Å². The molecule has 0 atom stereocenters. The molecule has 3 rings (SSSR count). The van der Waals surface area contributed by atoms with Crippen LogP contribution in [-0.4, -0.2) is 16.4 Å². The lowest BCUT2D eigenvalue weighted by Crippen LogP contribution is -2.54. The zero-order chi connectivity index (χ0) is 11.9. The number of carbonyl (C=O) groups excluding carboxylic acids is 1. The van der Waals surface area contributed by atoms with E-state index in [9.17, 15) is 4.79 Å². The van der Waals surface area contributed by atoms with Gasteiger partial charge in [0.15, 0.2) is 5.82 Å². The Labute approximate surface area is 101 Å². The molecule has 4 heteroatoms. The number of nitrogens with one attached hydrogen (secondary N) is 2. The Kier molecular flexibility index (Phi) is 2.31. The summed E-state index contributed by atoms with van der Waals surface area (Å²) in [4.78, 5) is 16.5. The molecule has 0 radical (unpaired) electrons. The van der Waals surface area contributed by atoms with Crippen molar-refractivity contribution >= 4 is 17.4 Å². The standard InChI is InChI=1S/C13H17N3O/c1-9-4-6-13(7-5-9)12(17)15-10-3-2-8-14-11(10)16-13/h2-3,8-9H,4-7H2,1H3,(H,14,16)(H,15,17). The summed E-state index contributed by atoms with van der Waals surface area (Å²) in [5.74, 6) is 1.63. The quantitative estimate of drug-likeness (QED) is 0.721. The van der Waals surface area contributed by atoms with E-state index in [4.69, 9.17) is 0 Å². The van der Waals surface area contributed by atoms with Crippen molar-refractivity contribution in [1.82, 2.24) is 4.98 Å². The average molecular weight is 231 g/mol. The molecular weight excluding hydrogens is 214 g/mol. The molecule has 1 aromatic heterocycles. The van der Waals surface area contributed by atoms with Crippen molar-refractivity contribution in [3.05, 3.63) is 18.3 Å². The molecular formula is C13H17N3O. The van der Waals surface area contributed by atoms with Crippen LogP contribution in [0, 0.1) is 5.92 Å². The molecule has 1 fully saturated rings. The van der Waals surface area contributed by atoms with Crippen LogP contribution in [0.5, 0.6) is 0 Å². The van der Waals surface area contributed by atoms with Crippen LogP contribution < -0.4 is 10.6 Å². The molecule has 4 nitrogen and oxygen atoms in total. The summed E-state index contributed by atoms with van der Waals surface area (Å²) in [5, 5.41) is 6.33. The van der Waals surface area contributed by atoms with E-state index in [1.807, 2.05) is 12.1 Å². The van der Waals surface area contributed by atoms with E-state index in [0.717, 1.165) is 43.1 Å². The molecule has 1 aromatic rings. The number of anilines is 2. The van der Waals surface area contributed by atoms with Gasteiger partial charge >= 0.3 is 0 Å². The molecule has 2 aliphatic rings. The monoisotopic (exact) mass is 231 g/mol. The van der Waals surface area contributed by atoms with E-state index >= 15 is 0 Å². The minimum Gasteiger partial charge on any atom is -0.354 e. The first kappa shape index (κ1) is 10.6. The minimum atomic E-state index is -0.423. The van der Waals surface area contributed by atoms with Gasteiger partial charge in [0.05, 0.1) is 5.69 Å². The van der Waals surface area contributed by atoms with E-state index < -0.39 is 5.54 Å². The van der Waals surface area contributed by atoms with E-state index in [-0.39, 0.29) is 5.91 Å². The Morgan fingerprint density at radius 3 is 2.94 bits per heavy atom. The molecule has 0 unspecified atom stereocenters. The molecule has 0 saturated heterocycles. The van der Waals surface area contributed by atoms with Crippen molar-refractivity contribution in [2.24, 2.45) is 5.92 Å². The van der Waals surface area contributed by atoms with Crippen LogP contribution in [0.1, 0.15) is 32.6 Å². The normalized spacial score (nSPS) is 31.6. The highest BCUT2D eigenvalue weighted by atomic mass is 16.2. The molecule has 1 amide bonds. The first-order chi connectivity index (χ1) is 8.20. The summed E-state index contributed by atoms with van der Waals surface area (Å²) < 4.78 is 0. The SMILES string of the molecule is CC1CCC2(CC1)Nc1ncccc1NC2=O. The van der Waals surface area contributed by atoms with Crippen molar-refractivity contribution < 1.29 is 4.79 Å². The number of carbonyl (C=O) groups is 1. The maximum atomic E-state index is 12.2. The van der Waals surface area contributed by atoms with Crippen molar-refractivity contribution in [3.8, 4) is 0 Å². The Morgan fingerprint density at radius 2 is 2.18 bits per heavy atom. The first-order valence-electron chi connectivity index (χ1n) is 6.24. The number of hydrogen-bond acceptors (Lipinski definition) is 3. The molecule has 1 aliphatic carbocycles.